The fourth-order valence-corrected chi connectivity index (χ4v) is 1.90. The van der Waals surface area contributed by atoms with Gasteiger partial charge in [-0.3, -0.25) is 0 Å². The molecule has 0 aromatic carbocycles. The Balaban J connectivity index is 2.25. The van der Waals surface area contributed by atoms with Gasteiger partial charge < -0.3 is 15.4 Å². The van der Waals surface area contributed by atoms with Crippen LogP contribution in [0.3, 0.4) is 0 Å². The molecule has 0 bridgehead atoms. The Kier molecular flexibility index (Phi) is 4.16. The van der Waals surface area contributed by atoms with Crippen molar-refractivity contribution in [3.05, 3.63) is 0 Å². The molecule has 3 atom stereocenters. The molecule has 3 heteroatoms. The van der Waals surface area contributed by atoms with Gasteiger partial charge in [0.05, 0.1) is 6.10 Å². The molecular weight excluding hydrogens is 164 g/mol. The van der Waals surface area contributed by atoms with Gasteiger partial charge in [0, 0.05) is 26.2 Å². The smallest absolute Gasteiger partial charge is 0.0670 e. The number of hydrogen-bond acceptors (Lipinski definition) is 3. The molecule has 78 valence electrons. The minimum Gasteiger partial charge on any atom is -0.380 e. The molecule has 1 aliphatic heterocycles. The van der Waals surface area contributed by atoms with Gasteiger partial charge in [-0.2, -0.15) is 0 Å². The molecule has 0 aromatic heterocycles. The Labute approximate surface area is 81.2 Å². The van der Waals surface area contributed by atoms with Crippen LogP contribution in [0.1, 0.15) is 20.3 Å². The van der Waals surface area contributed by atoms with E-state index < -0.39 is 0 Å². The summed E-state index contributed by atoms with van der Waals surface area (Å²) in [6.45, 7) is 7.58. The summed E-state index contributed by atoms with van der Waals surface area (Å²) < 4.78 is 5.23. The highest BCUT2D eigenvalue weighted by atomic mass is 16.5. The van der Waals surface area contributed by atoms with E-state index in [2.05, 4.69) is 18.7 Å². The van der Waals surface area contributed by atoms with Crippen molar-refractivity contribution in [3.8, 4) is 0 Å². The normalized spacial score (nSPS) is 29.1. The van der Waals surface area contributed by atoms with Crippen LogP contribution in [0.5, 0.6) is 0 Å². The first kappa shape index (κ1) is 11.0. The number of ether oxygens (including phenoxy) is 1. The third-order valence-corrected chi connectivity index (χ3v) is 2.97. The van der Waals surface area contributed by atoms with Gasteiger partial charge >= 0.3 is 0 Å². The van der Waals surface area contributed by atoms with Crippen LogP contribution in [0.15, 0.2) is 0 Å². The quantitative estimate of drug-likeness (QED) is 0.702. The lowest BCUT2D eigenvalue weighted by Crippen LogP contribution is -2.33. The largest absolute Gasteiger partial charge is 0.380 e. The highest BCUT2D eigenvalue weighted by Crippen LogP contribution is 2.18. The first-order valence-corrected chi connectivity index (χ1v) is 5.14. The molecule has 3 unspecified atom stereocenters. The van der Waals surface area contributed by atoms with Crippen LogP contribution in [-0.2, 0) is 4.74 Å². The van der Waals surface area contributed by atoms with E-state index in [4.69, 9.17) is 10.5 Å². The molecule has 1 rings (SSSR count). The number of rotatable bonds is 4. The monoisotopic (exact) mass is 186 g/mol. The van der Waals surface area contributed by atoms with Crippen LogP contribution < -0.4 is 5.73 Å². The van der Waals surface area contributed by atoms with Crippen molar-refractivity contribution in [2.75, 3.05) is 26.7 Å². The topological polar surface area (TPSA) is 38.5 Å². The zero-order valence-electron chi connectivity index (χ0n) is 8.99. The van der Waals surface area contributed by atoms with Gasteiger partial charge in [0.15, 0.2) is 0 Å². The molecule has 0 aromatic rings. The summed E-state index contributed by atoms with van der Waals surface area (Å²) in [5, 5.41) is 0. The highest BCUT2D eigenvalue weighted by molar-refractivity contribution is 4.81. The van der Waals surface area contributed by atoms with E-state index in [0.29, 0.717) is 18.1 Å². The van der Waals surface area contributed by atoms with E-state index >= 15 is 0 Å². The van der Waals surface area contributed by atoms with E-state index in [9.17, 15) is 0 Å². The lowest BCUT2D eigenvalue weighted by atomic mass is 10.0. The van der Waals surface area contributed by atoms with Crippen molar-refractivity contribution in [2.24, 2.45) is 11.7 Å². The second kappa shape index (κ2) is 4.94. The summed E-state index contributed by atoms with van der Waals surface area (Å²) in [5.74, 6) is 0.684. The van der Waals surface area contributed by atoms with E-state index in [1.54, 1.807) is 7.11 Å². The van der Waals surface area contributed by atoms with Gasteiger partial charge in [-0.1, -0.05) is 0 Å². The van der Waals surface area contributed by atoms with E-state index in [-0.39, 0.29) is 0 Å². The first-order chi connectivity index (χ1) is 6.13. The molecule has 0 radical (unpaired) electrons. The molecule has 13 heavy (non-hydrogen) atoms. The number of methoxy groups -OCH3 is 1. The number of likely N-dealkylation sites (tertiary alicyclic amines) is 1. The Morgan fingerprint density at radius 3 is 2.69 bits per heavy atom. The van der Waals surface area contributed by atoms with Crippen LogP contribution in [0.2, 0.25) is 0 Å². The summed E-state index contributed by atoms with van der Waals surface area (Å²) in [6, 6.07) is 0.336. The van der Waals surface area contributed by atoms with Crippen molar-refractivity contribution >= 4 is 0 Å². The van der Waals surface area contributed by atoms with Gasteiger partial charge in [-0.25, -0.2) is 0 Å². The SMILES string of the molecule is COC(C)CN1CCC(C(C)N)C1. The third kappa shape index (κ3) is 3.25. The maximum absolute atomic E-state index is 5.87. The van der Waals surface area contributed by atoms with Crippen molar-refractivity contribution < 1.29 is 4.74 Å². The molecule has 1 fully saturated rings. The Morgan fingerprint density at radius 1 is 1.54 bits per heavy atom. The van der Waals surface area contributed by atoms with Gasteiger partial charge in [0.25, 0.3) is 0 Å². The molecule has 1 aliphatic rings. The molecule has 0 spiro atoms. The Bertz CT molecular complexity index is 150. The predicted octanol–water partition coefficient (Wildman–Crippen LogP) is 0.690. The van der Waals surface area contributed by atoms with E-state index in [1.165, 1.54) is 13.0 Å². The van der Waals surface area contributed by atoms with Crippen molar-refractivity contribution in [2.45, 2.75) is 32.4 Å². The Morgan fingerprint density at radius 2 is 2.23 bits per heavy atom. The Hall–Kier alpha value is -0.120. The summed E-state index contributed by atoms with van der Waals surface area (Å²) in [6.07, 6.45) is 1.58. The van der Waals surface area contributed by atoms with Crippen LogP contribution in [-0.4, -0.2) is 43.8 Å². The molecule has 2 N–H and O–H groups in total. The number of hydrogen-bond donors (Lipinski definition) is 1. The molecule has 0 saturated carbocycles. The third-order valence-electron chi connectivity index (χ3n) is 2.97. The molecule has 3 nitrogen and oxygen atoms in total. The fourth-order valence-electron chi connectivity index (χ4n) is 1.90. The maximum Gasteiger partial charge on any atom is 0.0670 e. The standard InChI is InChI=1S/C10H22N2O/c1-8(13-3)6-12-5-4-10(7-12)9(2)11/h8-10H,4-7,11H2,1-3H3. The minimum atomic E-state index is 0.336. The zero-order chi connectivity index (χ0) is 9.84. The summed E-state index contributed by atoms with van der Waals surface area (Å²) in [4.78, 5) is 2.45. The van der Waals surface area contributed by atoms with Crippen molar-refractivity contribution in [1.82, 2.24) is 4.90 Å². The molecular formula is C10H22N2O. The molecule has 0 amide bonds. The minimum absolute atomic E-state index is 0.336. The van der Waals surface area contributed by atoms with Gasteiger partial charge in [-0.05, 0) is 32.7 Å². The summed E-state index contributed by atoms with van der Waals surface area (Å²) in [7, 11) is 1.77. The predicted molar refractivity (Wildman–Crippen MR) is 54.7 cm³/mol. The van der Waals surface area contributed by atoms with Crippen LogP contribution in [0, 0.1) is 5.92 Å². The zero-order valence-corrected chi connectivity index (χ0v) is 8.99. The average Bonchev–Trinajstić information content (AvgIpc) is 2.52. The van der Waals surface area contributed by atoms with Crippen LogP contribution >= 0.6 is 0 Å². The molecule has 1 saturated heterocycles. The lowest BCUT2D eigenvalue weighted by molar-refractivity contribution is 0.0837. The van der Waals surface area contributed by atoms with E-state index in [1.807, 2.05) is 0 Å². The lowest BCUT2D eigenvalue weighted by Gasteiger charge is -2.20. The second-order valence-corrected chi connectivity index (χ2v) is 4.21. The van der Waals surface area contributed by atoms with Crippen LogP contribution in [0.25, 0.3) is 0 Å². The molecule has 1 heterocycles. The van der Waals surface area contributed by atoms with Gasteiger partial charge in [0.2, 0.25) is 0 Å². The second-order valence-electron chi connectivity index (χ2n) is 4.21. The van der Waals surface area contributed by atoms with E-state index in [0.717, 1.165) is 13.1 Å². The summed E-state index contributed by atoms with van der Waals surface area (Å²) >= 11 is 0. The first-order valence-electron chi connectivity index (χ1n) is 5.14. The number of nitrogens with two attached hydrogens (primary N) is 1. The maximum atomic E-state index is 5.87. The average molecular weight is 186 g/mol. The summed E-state index contributed by atoms with van der Waals surface area (Å²) in [5.41, 5.74) is 5.87. The number of nitrogens with zero attached hydrogens (tertiary/aromatic N) is 1. The molecule has 0 aliphatic carbocycles. The van der Waals surface area contributed by atoms with Crippen molar-refractivity contribution in [1.29, 1.82) is 0 Å². The van der Waals surface area contributed by atoms with Crippen LogP contribution in [0.4, 0.5) is 0 Å². The fraction of sp³-hybridized carbons (Fsp3) is 1.00. The van der Waals surface area contributed by atoms with Gasteiger partial charge in [-0.15, -0.1) is 0 Å². The van der Waals surface area contributed by atoms with Crippen molar-refractivity contribution in [3.63, 3.8) is 0 Å². The highest BCUT2D eigenvalue weighted by Gasteiger charge is 2.25. The van der Waals surface area contributed by atoms with Gasteiger partial charge in [0.1, 0.15) is 0 Å².